The molecule has 0 bridgehead atoms. The molecule has 7 nitrogen and oxygen atoms in total. The molecule has 2 aromatic heterocycles. The van der Waals surface area contributed by atoms with E-state index in [9.17, 15) is 9.59 Å². The van der Waals surface area contributed by atoms with Crippen LogP contribution < -0.4 is 10.3 Å². The smallest absolute Gasteiger partial charge is 0.343 e. The Morgan fingerprint density at radius 2 is 1.74 bits per heavy atom. The van der Waals surface area contributed by atoms with E-state index < -0.39 is 5.97 Å². The Kier molecular flexibility index (Phi) is 5.58. The Morgan fingerprint density at radius 3 is 2.39 bits per heavy atom. The fourth-order valence-corrected chi connectivity index (χ4v) is 3.34. The fourth-order valence-electron chi connectivity index (χ4n) is 3.34. The average Bonchev–Trinajstić information content (AvgIpc) is 3.16. The van der Waals surface area contributed by atoms with E-state index in [-0.39, 0.29) is 23.7 Å². The molecule has 4 aromatic rings. The van der Waals surface area contributed by atoms with Crippen LogP contribution in [0.25, 0.3) is 16.9 Å². The van der Waals surface area contributed by atoms with E-state index in [0.29, 0.717) is 22.7 Å². The van der Waals surface area contributed by atoms with Gasteiger partial charge in [0.2, 0.25) is 0 Å². The molecule has 4 rings (SSSR count). The van der Waals surface area contributed by atoms with Gasteiger partial charge in [-0.2, -0.15) is 0 Å². The molecular weight excluding hydrogens is 394 g/mol. The van der Waals surface area contributed by atoms with E-state index in [0.717, 1.165) is 11.3 Å². The highest BCUT2D eigenvalue weighted by molar-refractivity contribution is 5.97. The number of ether oxygens (including phenoxy) is 2. The van der Waals surface area contributed by atoms with Crippen LogP contribution in [-0.2, 0) is 4.74 Å². The van der Waals surface area contributed by atoms with Gasteiger partial charge in [0.05, 0.1) is 18.0 Å². The van der Waals surface area contributed by atoms with Crippen LogP contribution >= 0.6 is 0 Å². The van der Waals surface area contributed by atoms with Crippen molar-refractivity contribution in [1.29, 1.82) is 0 Å². The third-order valence-corrected chi connectivity index (χ3v) is 4.83. The van der Waals surface area contributed by atoms with Gasteiger partial charge in [0, 0.05) is 11.6 Å². The van der Waals surface area contributed by atoms with Crippen molar-refractivity contribution in [2.24, 2.45) is 0 Å². The molecule has 1 N–H and O–H groups in total. The normalized spacial score (nSPS) is 11.1. The minimum Gasteiger partial charge on any atom is -0.462 e. The zero-order chi connectivity index (χ0) is 22.0. The summed E-state index contributed by atoms with van der Waals surface area (Å²) in [5, 5.41) is 3.01. The predicted molar refractivity (Wildman–Crippen MR) is 118 cm³/mol. The number of hydrogen-bond acceptors (Lipinski definition) is 5. The highest BCUT2D eigenvalue weighted by atomic mass is 16.5. The van der Waals surface area contributed by atoms with Crippen LogP contribution in [0.5, 0.6) is 11.5 Å². The lowest BCUT2D eigenvalue weighted by molar-refractivity contribution is 0.0526. The molecule has 0 radical (unpaired) electrons. The van der Waals surface area contributed by atoms with Crippen molar-refractivity contribution >= 4 is 11.6 Å². The maximum atomic E-state index is 12.8. The highest BCUT2D eigenvalue weighted by Gasteiger charge is 2.24. The molecule has 31 heavy (non-hydrogen) atoms. The monoisotopic (exact) mass is 417 g/mol. The third-order valence-electron chi connectivity index (χ3n) is 4.83. The van der Waals surface area contributed by atoms with E-state index >= 15 is 0 Å². The lowest BCUT2D eigenvalue weighted by Crippen LogP contribution is -2.15. The second-order valence-corrected chi connectivity index (χ2v) is 7.35. The van der Waals surface area contributed by atoms with E-state index in [1.165, 1.54) is 10.6 Å². The van der Waals surface area contributed by atoms with Crippen molar-refractivity contribution in [2.45, 2.75) is 26.7 Å². The summed E-state index contributed by atoms with van der Waals surface area (Å²) in [5.41, 5.74) is 2.07. The zero-order valence-electron chi connectivity index (χ0n) is 17.6. The number of aromatic nitrogens is 3. The Hall–Kier alpha value is -3.87. The van der Waals surface area contributed by atoms with Gasteiger partial charge in [-0.15, -0.1) is 0 Å². The van der Waals surface area contributed by atoms with E-state index in [1.54, 1.807) is 6.92 Å². The Morgan fingerprint density at radius 1 is 1.06 bits per heavy atom. The zero-order valence-corrected chi connectivity index (χ0v) is 17.6. The van der Waals surface area contributed by atoms with Gasteiger partial charge in [-0.1, -0.05) is 32.0 Å². The molecule has 0 saturated heterocycles. The van der Waals surface area contributed by atoms with Crippen LogP contribution in [0, 0.1) is 0 Å². The number of esters is 1. The minimum absolute atomic E-state index is 0.0154. The molecule has 0 aliphatic rings. The van der Waals surface area contributed by atoms with Crippen LogP contribution in [0.4, 0.5) is 0 Å². The molecule has 0 unspecified atom stereocenters. The fraction of sp³-hybridized carbons (Fsp3) is 0.208. The Bertz CT molecular complexity index is 1270. The molecule has 0 spiro atoms. The topological polar surface area (TPSA) is 85.7 Å². The number of H-pyrrole nitrogens is 1. The first-order chi connectivity index (χ1) is 15.0. The number of nitrogens with zero attached hydrogens (tertiary/aromatic N) is 2. The van der Waals surface area contributed by atoms with Gasteiger partial charge < -0.3 is 9.47 Å². The van der Waals surface area contributed by atoms with Gasteiger partial charge in [-0.25, -0.2) is 14.3 Å². The summed E-state index contributed by atoms with van der Waals surface area (Å²) < 4.78 is 12.3. The molecule has 0 amide bonds. The number of para-hydroxylation sites is 1. The third kappa shape index (κ3) is 4.07. The van der Waals surface area contributed by atoms with Crippen LogP contribution in [0.3, 0.4) is 0 Å². The van der Waals surface area contributed by atoms with Crippen LogP contribution in [0.1, 0.15) is 42.7 Å². The van der Waals surface area contributed by atoms with Crippen LogP contribution in [-0.4, -0.2) is 27.2 Å². The van der Waals surface area contributed by atoms with Crippen molar-refractivity contribution in [3.63, 3.8) is 0 Å². The van der Waals surface area contributed by atoms with Gasteiger partial charge in [0.15, 0.2) is 5.65 Å². The Labute approximate surface area is 179 Å². The van der Waals surface area contributed by atoms with Gasteiger partial charge in [0.25, 0.3) is 5.56 Å². The molecule has 0 aliphatic carbocycles. The number of fused-ring (bicyclic) bond motifs is 1. The maximum absolute atomic E-state index is 12.8. The number of aromatic amines is 1. The van der Waals surface area contributed by atoms with Crippen molar-refractivity contribution in [1.82, 2.24) is 14.6 Å². The molecule has 7 heteroatoms. The summed E-state index contributed by atoms with van der Waals surface area (Å²) in [7, 11) is 0. The summed E-state index contributed by atoms with van der Waals surface area (Å²) in [6.07, 6.45) is 0. The lowest BCUT2D eigenvalue weighted by Gasteiger charge is -2.07. The number of nitrogens with one attached hydrogen (secondary N) is 1. The molecule has 0 saturated carbocycles. The number of benzene rings is 2. The average molecular weight is 417 g/mol. The molecule has 2 aromatic carbocycles. The summed E-state index contributed by atoms with van der Waals surface area (Å²) in [5.74, 6) is 0.892. The highest BCUT2D eigenvalue weighted by Crippen LogP contribution is 2.27. The first kappa shape index (κ1) is 20.4. The standard InChI is InChI=1S/C24H23N3O4/c1-4-30-24(29)21-22(15(2)3)26-27-20(28)14-19(25-23(21)27)16-10-12-18(13-11-16)31-17-8-6-5-7-9-17/h5-15,26H,4H2,1-3H3. The largest absolute Gasteiger partial charge is 0.462 e. The SMILES string of the molecule is CCOC(=O)c1c(C(C)C)[nH]n2c(=O)cc(-c3ccc(Oc4ccccc4)cc3)nc12. The van der Waals surface area contributed by atoms with Gasteiger partial charge >= 0.3 is 5.97 Å². The molecular formula is C24H23N3O4. The van der Waals surface area contributed by atoms with Crippen molar-refractivity contribution in [3.05, 3.63) is 82.3 Å². The van der Waals surface area contributed by atoms with Crippen LogP contribution in [0.15, 0.2) is 65.5 Å². The lowest BCUT2D eigenvalue weighted by atomic mass is 10.1. The van der Waals surface area contributed by atoms with E-state index in [1.807, 2.05) is 68.4 Å². The molecule has 0 fully saturated rings. The second kappa shape index (κ2) is 8.47. The van der Waals surface area contributed by atoms with E-state index in [2.05, 4.69) is 10.1 Å². The predicted octanol–water partition coefficient (Wildman–Crippen LogP) is 4.78. The number of rotatable bonds is 6. The minimum atomic E-state index is -0.499. The Balaban J connectivity index is 1.75. The second-order valence-electron chi connectivity index (χ2n) is 7.35. The summed E-state index contributed by atoms with van der Waals surface area (Å²) >= 11 is 0. The van der Waals surface area contributed by atoms with Crippen LogP contribution in [0.2, 0.25) is 0 Å². The molecule has 0 atom stereocenters. The summed E-state index contributed by atoms with van der Waals surface area (Å²) in [4.78, 5) is 30.0. The van der Waals surface area contributed by atoms with Crippen molar-refractivity contribution in [2.75, 3.05) is 6.61 Å². The van der Waals surface area contributed by atoms with Crippen molar-refractivity contribution < 1.29 is 14.3 Å². The van der Waals surface area contributed by atoms with Gasteiger partial charge in [0.1, 0.15) is 17.1 Å². The molecule has 158 valence electrons. The van der Waals surface area contributed by atoms with Gasteiger partial charge in [-0.3, -0.25) is 9.89 Å². The molecule has 2 heterocycles. The number of hydrogen-bond donors (Lipinski definition) is 1. The molecule has 0 aliphatic heterocycles. The van der Waals surface area contributed by atoms with Crippen molar-refractivity contribution in [3.8, 4) is 22.8 Å². The summed E-state index contributed by atoms with van der Waals surface area (Å²) in [6.45, 7) is 5.85. The first-order valence-electron chi connectivity index (χ1n) is 10.1. The summed E-state index contributed by atoms with van der Waals surface area (Å²) in [6, 6.07) is 18.2. The van der Waals surface area contributed by atoms with E-state index in [4.69, 9.17) is 9.47 Å². The maximum Gasteiger partial charge on any atom is 0.343 e. The number of carbonyl (C=O) groups excluding carboxylic acids is 1. The first-order valence-corrected chi connectivity index (χ1v) is 10.1. The number of carbonyl (C=O) groups is 1. The quantitative estimate of drug-likeness (QED) is 0.456. The van der Waals surface area contributed by atoms with Gasteiger partial charge in [-0.05, 0) is 49.2 Å².